The van der Waals surface area contributed by atoms with Crippen molar-refractivity contribution < 1.29 is 28.7 Å². The summed E-state index contributed by atoms with van der Waals surface area (Å²) in [5.41, 5.74) is 3.18. The van der Waals surface area contributed by atoms with Crippen molar-refractivity contribution in [3.05, 3.63) is 64.7 Å². The van der Waals surface area contributed by atoms with Gasteiger partial charge < -0.3 is 9.47 Å². The molecule has 2 aliphatic heterocycles. The minimum atomic E-state index is -1.74. The average Bonchev–Trinajstić information content (AvgIpc) is 3.33. The molecule has 192 valence electrons. The topological polar surface area (TPSA) is 96.5 Å². The van der Waals surface area contributed by atoms with Crippen LogP contribution >= 0.6 is 46.8 Å². The van der Waals surface area contributed by atoms with Gasteiger partial charge in [-0.3, -0.25) is 14.4 Å². The Bertz CT molecular complexity index is 1130. The first-order valence-electron chi connectivity index (χ1n) is 10.5. The number of methoxy groups -OCH3 is 1. The van der Waals surface area contributed by atoms with Crippen molar-refractivity contribution in [2.45, 2.75) is 17.0 Å². The van der Waals surface area contributed by atoms with E-state index in [1.807, 2.05) is 32.0 Å². The van der Waals surface area contributed by atoms with Crippen molar-refractivity contribution in [2.75, 3.05) is 31.9 Å². The van der Waals surface area contributed by atoms with Gasteiger partial charge in [-0.25, -0.2) is 19.1 Å². The first-order chi connectivity index (χ1) is 17.0. The smallest absolute Gasteiger partial charge is 0.429 e. The second kappa shape index (κ2) is 11.7. The van der Waals surface area contributed by atoms with Gasteiger partial charge in [0.2, 0.25) is 0 Å². The van der Waals surface area contributed by atoms with Gasteiger partial charge in [0.15, 0.2) is 0 Å². The highest BCUT2D eigenvalue weighted by Gasteiger charge is 2.40. The lowest BCUT2D eigenvalue weighted by molar-refractivity contribution is -0.124. The van der Waals surface area contributed by atoms with Gasteiger partial charge in [-0.1, -0.05) is 65.1 Å². The number of carbonyl (C=O) groups is 4. The van der Waals surface area contributed by atoms with Crippen LogP contribution in [0.1, 0.15) is 31.8 Å². The highest BCUT2D eigenvalue weighted by atomic mass is 35.6. The van der Waals surface area contributed by atoms with Crippen LogP contribution in [-0.4, -0.2) is 63.1 Å². The van der Waals surface area contributed by atoms with E-state index in [0.717, 1.165) is 15.4 Å². The number of carbonyl (C=O) groups excluding carboxylic acids is 4. The molecule has 36 heavy (non-hydrogen) atoms. The lowest BCUT2D eigenvalue weighted by Gasteiger charge is -2.31. The second-order valence-electron chi connectivity index (χ2n) is 7.60. The number of hydrogen-bond donors (Lipinski definition) is 0. The molecule has 0 atom stereocenters. The lowest BCUT2D eigenvalue weighted by atomic mass is 10.1. The fraction of sp³-hybridized carbons (Fsp3) is 0.304. The summed E-state index contributed by atoms with van der Waals surface area (Å²) >= 11 is 17.2. The van der Waals surface area contributed by atoms with E-state index in [2.05, 4.69) is 0 Å². The molecule has 4 rings (SSSR count). The number of amides is 4. The number of halogens is 3. The predicted molar refractivity (Wildman–Crippen MR) is 138 cm³/mol. The van der Waals surface area contributed by atoms with Gasteiger partial charge in [-0.2, -0.15) is 0 Å². The van der Waals surface area contributed by atoms with Gasteiger partial charge >= 0.3 is 6.09 Å². The summed E-state index contributed by atoms with van der Waals surface area (Å²) in [5.74, 6) is -1.22. The Morgan fingerprint density at radius 3 is 2.03 bits per heavy atom. The molecule has 0 aliphatic carbocycles. The summed E-state index contributed by atoms with van der Waals surface area (Å²) in [5, 5.41) is 2.68. The van der Waals surface area contributed by atoms with E-state index in [1.165, 1.54) is 17.1 Å². The second-order valence-corrected chi connectivity index (χ2v) is 11.7. The Kier molecular flexibility index (Phi) is 9.13. The summed E-state index contributed by atoms with van der Waals surface area (Å²) in [7, 11) is 1.45. The van der Waals surface area contributed by atoms with Crippen LogP contribution in [0.5, 0.6) is 0 Å². The predicted octanol–water partition coefficient (Wildman–Crippen LogP) is 4.91. The molecule has 0 saturated carbocycles. The molecule has 9 nitrogen and oxygen atoms in total. The number of anilines is 1. The van der Waals surface area contributed by atoms with Gasteiger partial charge in [0.25, 0.3) is 20.8 Å². The molecule has 1 saturated heterocycles. The summed E-state index contributed by atoms with van der Waals surface area (Å²) < 4.78 is 8.96. The molecule has 2 aliphatic rings. The number of hydrazine groups is 1. The van der Waals surface area contributed by atoms with Crippen molar-refractivity contribution in [3.8, 4) is 0 Å². The van der Waals surface area contributed by atoms with E-state index >= 15 is 0 Å². The highest BCUT2D eigenvalue weighted by Crippen LogP contribution is 2.44. The molecule has 0 bridgehead atoms. The fourth-order valence-electron chi connectivity index (χ4n) is 3.62. The van der Waals surface area contributed by atoms with Crippen LogP contribution in [0.25, 0.3) is 0 Å². The van der Waals surface area contributed by atoms with E-state index in [4.69, 9.17) is 44.3 Å². The molecule has 2 aromatic rings. The first kappa shape index (κ1) is 28.1. The molecule has 2 aromatic carbocycles. The molecule has 0 radical (unpaired) electrons. The molecule has 0 aromatic heterocycles. The number of fused-ring (bicyclic) bond motifs is 1. The van der Waals surface area contributed by atoms with Crippen LogP contribution in [0.4, 0.5) is 10.5 Å². The van der Waals surface area contributed by atoms with E-state index in [0.29, 0.717) is 35.3 Å². The largest absolute Gasteiger partial charge is 0.446 e. The van der Waals surface area contributed by atoms with Gasteiger partial charge in [-0.05, 0) is 37.1 Å². The zero-order chi connectivity index (χ0) is 26.6. The number of hydrogen-bond acceptors (Lipinski definition) is 7. The maximum atomic E-state index is 12.3. The molecular weight excluding hydrogens is 553 g/mol. The Hall–Kier alpha value is -2.50. The van der Waals surface area contributed by atoms with Crippen LogP contribution in [0.2, 0.25) is 0 Å². The average molecular weight is 575 g/mol. The van der Waals surface area contributed by atoms with Crippen molar-refractivity contribution in [2.24, 2.45) is 0 Å². The van der Waals surface area contributed by atoms with Crippen LogP contribution in [0.15, 0.2) is 42.5 Å². The quantitative estimate of drug-likeness (QED) is 0.284. The SMILES string of the molecule is COCC(=O)N(c1c(C)cccc1C)N1CCOC1=O.O=C1c2ccccc2C(=O)N1SC(Cl)(Cl)Cl. The van der Waals surface area contributed by atoms with Crippen molar-refractivity contribution in [1.29, 1.82) is 0 Å². The number of cyclic esters (lactones) is 1. The molecule has 1 fully saturated rings. The Morgan fingerprint density at radius 1 is 1.03 bits per heavy atom. The third kappa shape index (κ3) is 6.24. The summed E-state index contributed by atoms with van der Waals surface area (Å²) in [6.07, 6.45) is -0.517. The normalized spacial score (nSPS) is 14.9. The molecule has 0 unspecified atom stereocenters. The summed E-state index contributed by atoms with van der Waals surface area (Å²) in [6, 6.07) is 12.2. The summed E-state index contributed by atoms with van der Waals surface area (Å²) in [6.45, 7) is 4.33. The number of rotatable bonds is 5. The first-order valence-corrected chi connectivity index (χ1v) is 12.4. The number of para-hydroxylation sites is 1. The third-order valence-corrected chi connectivity index (χ3v) is 6.43. The van der Waals surface area contributed by atoms with Gasteiger partial charge in [0.1, 0.15) is 13.2 Å². The number of benzene rings is 2. The van der Waals surface area contributed by atoms with Crippen molar-refractivity contribution >= 4 is 76.3 Å². The molecule has 0 spiro atoms. The molecule has 2 heterocycles. The Balaban J connectivity index is 0.000000205. The van der Waals surface area contributed by atoms with E-state index in [-0.39, 0.29) is 19.1 Å². The van der Waals surface area contributed by atoms with Gasteiger partial charge in [-0.15, -0.1) is 0 Å². The minimum absolute atomic E-state index is 0.0996. The number of nitrogens with zero attached hydrogens (tertiary/aromatic N) is 3. The van der Waals surface area contributed by atoms with E-state index in [9.17, 15) is 19.2 Å². The lowest BCUT2D eigenvalue weighted by Crippen LogP contribution is -2.49. The summed E-state index contributed by atoms with van der Waals surface area (Å²) in [4.78, 5) is 47.7. The highest BCUT2D eigenvalue weighted by molar-refractivity contribution is 8.03. The van der Waals surface area contributed by atoms with Crippen LogP contribution < -0.4 is 5.01 Å². The van der Waals surface area contributed by atoms with Gasteiger partial charge in [0, 0.05) is 19.1 Å². The van der Waals surface area contributed by atoms with Crippen LogP contribution in [0.3, 0.4) is 0 Å². The molecule has 13 heteroatoms. The van der Waals surface area contributed by atoms with Crippen LogP contribution in [0, 0.1) is 13.8 Å². The minimum Gasteiger partial charge on any atom is -0.446 e. The standard InChI is InChI=1S/C14H18N2O4.C9H4Cl3NO2S/c1-10-5-4-6-11(2)13(10)16(12(17)9-19-3)15-7-8-20-14(15)18;10-9(11,12)16-13-7(14)5-3-1-2-4-6(5)8(13)15/h4-6H,7-9H2,1-3H3;1-4H. The zero-order valence-electron chi connectivity index (χ0n) is 19.5. The Labute approximate surface area is 227 Å². The number of imide groups is 1. The van der Waals surface area contributed by atoms with Gasteiger partial charge in [0.05, 0.1) is 23.4 Å². The molecular formula is C23H22Cl3N3O6S. The van der Waals surface area contributed by atoms with Crippen LogP contribution in [-0.2, 0) is 14.3 Å². The Morgan fingerprint density at radius 2 is 1.58 bits per heavy atom. The van der Waals surface area contributed by atoms with E-state index < -0.39 is 21.0 Å². The monoisotopic (exact) mass is 573 g/mol. The number of aryl methyl sites for hydroxylation is 2. The maximum absolute atomic E-state index is 12.3. The molecule has 0 N–H and O–H groups in total. The van der Waals surface area contributed by atoms with Crippen molar-refractivity contribution in [1.82, 2.24) is 9.31 Å². The van der Waals surface area contributed by atoms with E-state index in [1.54, 1.807) is 24.3 Å². The fourth-order valence-corrected chi connectivity index (χ4v) is 4.82. The zero-order valence-corrected chi connectivity index (χ0v) is 22.6. The third-order valence-electron chi connectivity index (χ3n) is 5.09. The van der Waals surface area contributed by atoms with Crippen molar-refractivity contribution in [3.63, 3.8) is 0 Å². The molecule has 4 amide bonds. The number of ether oxygens (including phenoxy) is 2. The maximum Gasteiger partial charge on any atom is 0.429 e. The number of alkyl halides is 3.